The monoisotopic (exact) mass is 448 g/mol. The van der Waals surface area contributed by atoms with Crippen LogP contribution in [0.5, 0.6) is 0 Å². The lowest BCUT2D eigenvalue weighted by Gasteiger charge is -2.48. The van der Waals surface area contributed by atoms with Crippen LogP contribution in [0.4, 0.5) is 0 Å². The van der Waals surface area contributed by atoms with Crippen LogP contribution < -0.4 is 10.5 Å². The molecule has 0 radical (unpaired) electrons. The molecule has 2 spiro atoms. The first-order chi connectivity index (χ1) is 15.9. The number of aromatic amines is 1. The summed E-state index contributed by atoms with van der Waals surface area (Å²) in [7, 11) is 0. The maximum Gasteiger partial charge on any atom is 0.255 e. The van der Waals surface area contributed by atoms with E-state index in [0.717, 1.165) is 75.4 Å². The van der Waals surface area contributed by atoms with Crippen molar-refractivity contribution >= 4 is 0 Å². The van der Waals surface area contributed by atoms with Crippen LogP contribution in [0.25, 0.3) is 11.3 Å². The number of nitrogens with one attached hydrogen (secondary N) is 2. The van der Waals surface area contributed by atoms with E-state index in [1.165, 1.54) is 36.8 Å². The highest BCUT2D eigenvalue weighted by atomic mass is 16.5. The Hall–Kier alpha value is -1.98. The predicted molar refractivity (Wildman–Crippen MR) is 129 cm³/mol. The largest absolute Gasteiger partial charge is 0.376 e. The van der Waals surface area contributed by atoms with Gasteiger partial charge in [0.05, 0.1) is 29.9 Å². The number of H-pyrrole nitrogens is 1. The second-order valence-corrected chi connectivity index (χ2v) is 12.0. The summed E-state index contributed by atoms with van der Waals surface area (Å²) in [6.45, 7) is 8.46. The van der Waals surface area contributed by atoms with E-state index in [9.17, 15) is 4.79 Å². The molecule has 5 nitrogen and oxygen atoms in total. The van der Waals surface area contributed by atoms with Gasteiger partial charge in [0.2, 0.25) is 0 Å². The summed E-state index contributed by atoms with van der Waals surface area (Å²) in [4.78, 5) is 23.6. The molecule has 2 atom stereocenters. The molecule has 3 heterocycles. The van der Waals surface area contributed by atoms with Crippen molar-refractivity contribution in [3.05, 3.63) is 51.6 Å². The Balaban J connectivity index is 1.33. The molecule has 2 saturated heterocycles. The molecule has 2 aliphatic heterocycles. The molecule has 33 heavy (non-hydrogen) atoms. The fraction of sp³-hybridized carbons (Fsp3) is 0.643. The van der Waals surface area contributed by atoms with Crippen molar-refractivity contribution in [3.63, 3.8) is 0 Å². The van der Waals surface area contributed by atoms with Gasteiger partial charge in [-0.2, -0.15) is 0 Å². The summed E-state index contributed by atoms with van der Waals surface area (Å²) in [5.41, 5.74) is 4.92. The van der Waals surface area contributed by atoms with E-state index in [4.69, 9.17) is 9.72 Å². The number of likely N-dealkylation sites (tertiary alicyclic amines) is 1. The Bertz CT molecular complexity index is 1110. The van der Waals surface area contributed by atoms with Crippen LogP contribution >= 0.6 is 0 Å². The Kier molecular flexibility index (Phi) is 5.08. The standard InChI is InChI=1S/C28H37N3O2/c1-26(2)18-27(13-15-33-26)10-7-14-31(19-27)17-22-29-24-21-9-4-3-8-20(21)16-28(11-5-6-12-28)23(24)25(32)30-22/h3-4,8-9H,5-7,10-19H2,1-2H3,(H,29,30,32)/p+1/t27-/m1/s1. The molecule has 4 aliphatic rings. The minimum absolute atomic E-state index is 0.0154. The molecule has 6 rings (SSSR count). The molecule has 0 bridgehead atoms. The summed E-state index contributed by atoms with van der Waals surface area (Å²) >= 11 is 0. The van der Waals surface area contributed by atoms with Gasteiger partial charge in [-0.1, -0.05) is 37.1 Å². The maximum atomic E-state index is 13.6. The number of ether oxygens (including phenoxy) is 1. The second-order valence-electron chi connectivity index (χ2n) is 12.0. The molecule has 1 saturated carbocycles. The van der Waals surface area contributed by atoms with Crippen LogP contribution in [0.2, 0.25) is 0 Å². The molecule has 2 aromatic rings. The second kappa shape index (κ2) is 7.78. The highest BCUT2D eigenvalue weighted by Gasteiger charge is 2.46. The summed E-state index contributed by atoms with van der Waals surface area (Å²) in [6.07, 6.45) is 10.5. The average molecular weight is 449 g/mol. The van der Waals surface area contributed by atoms with E-state index in [1.54, 1.807) is 4.90 Å². The van der Waals surface area contributed by atoms with E-state index < -0.39 is 0 Å². The average Bonchev–Trinajstić information content (AvgIpc) is 3.21. The number of hydrogen-bond acceptors (Lipinski definition) is 3. The number of rotatable bonds is 2. The molecule has 1 aromatic heterocycles. The summed E-state index contributed by atoms with van der Waals surface area (Å²) in [6, 6.07) is 8.63. The van der Waals surface area contributed by atoms with Gasteiger partial charge in [0, 0.05) is 23.0 Å². The quantitative estimate of drug-likeness (QED) is 0.739. The number of piperidine rings is 1. The number of hydrogen-bond donors (Lipinski definition) is 2. The van der Waals surface area contributed by atoms with E-state index in [-0.39, 0.29) is 16.6 Å². The van der Waals surface area contributed by atoms with Gasteiger partial charge in [-0.3, -0.25) is 4.79 Å². The molecule has 2 N–H and O–H groups in total. The summed E-state index contributed by atoms with van der Waals surface area (Å²) < 4.78 is 6.03. The highest BCUT2D eigenvalue weighted by Crippen LogP contribution is 2.49. The van der Waals surface area contributed by atoms with Crippen LogP contribution in [0.1, 0.15) is 82.2 Å². The fourth-order valence-electron chi connectivity index (χ4n) is 7.89. The summed E-state index contributed by atoms with van der Waals surface area (Å²) in [5, 5.41) is 0. The predicted octanol–water partition coefficient (Wildman–Crippen LogP) is 3.56. The zero-order chi connectivity index (χ0) is 22.7. The number of benzene rings is 1. The number of quaternary nitrogens is 1. The Morgan fingerprint density at radius 2 is 1.91 bits per heavy atom. The zero-order valence-corrected chi connectivity index (χ0v) is 20.3. The zero-order valence-electron chi connectivity index (χ0n) is 20.3. The maximum absolute atomic E-state index is 13.6. The molecule has 3 fully saturated rings. The minimum Gasteiger partial charge on any atom is -0.376 e. The molecule has 1 aromatic carbocycles. The first-order valence-electron chi connectivity index (χ1n) is 13.1. The van der Waals surface area contributed by atoms with E-state index in [1.807, 2.05) is 0 Å². The van der Waals surface area contributed by atoms with Crippen LogP contribution in [0, 0.1) is 5.41 Å². The lowest BCUT2D eigenvalue weighted by molar-refractivity contribution is -0.927. The van der Waals surface area contributed by atoms with Crippen molar-refractivity contribution in [1.29, 1.82) is 0 Å². The lowest BCUT2D eigenvalue weighted by atomic mass is 9.68. The third-order valence-corrected chi connectivity index (χ3v) is 9.07. The van der Waals surface area contributed by atoms with E-state index >= 15 is 0 Å². The Labute approximate surface area is 197 Å². The Morgan fingerprint density at radius 3 is 2.73 bits per heavy atom. The molecule has 5 heteroatoms. The van der Waals surface area contributed by atoms with Crippen molar-refractivity contribution in [1.82, 2.24) is 9.97 Å². The van der Waals surface area contributed by atoms with Crippen molar-refractivity contribution in [2.45, 2.75) is 89.2 Å². The molecule has 2 aliphatic carbocycles. The third-order valence-electron chi connectivity index (χ3n) is 9.07. The molecular weight excluding hydrogens is 410 g/mol. The number of aromatic nitrogens is 2. The molecular formula is C28H38N3O2+. The van der Waals surface area contributed by atoms with Gasteiger partial charge >= 0.3 is 0 Å². The van der Waals surface area contributed by atoms with E-state index in [2.05, 4.69) is 43.1 Å². The highest BCUT2D eigenvalue weighted by molar-refractivity contribution is 5.71. The smallest absolute Gasteiger partial charge is 0.255 e. The normalized spacial score (nSPS) is 29.7. The van der Waals surface area contributed by atoms with Crippen LogP contribution in [0.3, 0.4) is 0 Å². The minimum atomic E-state index is -0.0294. The van der Waals surface area contributed by atoms with Crippen LogP contribution in [-0.2, 0) is 23.1 Å². The van der Waals surface area contributed by atoms with Crippen LogP contribution in [-0.4, -0.2) is 35.3 Å². The van der Waals surface area contributed by atoms with E-state index in [0.29, 0.717) is 5.41 Å². The Morgan fingerprint density at radius 1 is 1.09 bits per heavy atom. The van der Waals surface area contributed by atoms with Crippen molar-refractivity contribution in [2.75, 3.05) is 19.7 Å². The van der Waals surface area contributed by atoms with Crippen molar-refractivity contribution < 1.29 is 9.64 Å². The molecule has 1 unspecified atom stereocenters. The summed E-state index contributed by atoms with van der Waals surface area (Å²) in [5.74, 6) is 0.863. The van der Waals surface area contributed by atoms with Crippen molar-refractivity contribution in [3.8, 4) is 11.3 Å². The SMILES string of the molecule is CC1(C)C[C@@]2(CCC[NH+](Cc3nc4c(c(=O)[nH]3)C3(CCCC3)Cc3ccccc3-4)C2)CCO1. The van der Waals surface area contributed by atoms with Gasteiger partial charge in [0.15, 0.2) is 5.82 Å². The first kappa shape index (κ1) is 21.5. The van der Waals surface area contributed by atoms with Gasteiger partial charge in [0.25, 0.3) is 5.56 Å². The van der Waals surface area contributed by atoms with Crippen LogP contribution in [0.15, 0.2) is 29.1 Å². The third kappa shape index (κ3) is 3.77. The van der Waals surface area contributed by atoms with Gasteiger partial charge < -0.3 is 14.6 Å². The number of fused-ring (bicyclic) bond motifs is 4. The van der Waals surface area contributed by atoms with Gasteiger partial charge in [-0.25, -0.2) is 4.98 Å². The van der Waals surface area contributed by atoms with Gasteiger partial charge in [-0.15, -0.1) is 0 Å². The fourth-order valence-corrected chi connectivity index (χ4v) is 7.89. The van der Waals surface area contributed by atoms with Crippen molar-refractivity contribution in [2.24, 2.45) is 5.41 Å². The molecule has 0 amide bonds. The number of nitrogens with zero attached hydrogens (tertiary/aromatic N) is 1. The molecule has 176 valence electrons. The van der Waals surface area contributed by atoms with Gasteiger partial charge in [-0.05, 0) is 64.4 Å². The van der Waals surface area contributed by atoms with Gasteiger partial charge in [0.1, 0.15) is 6.54 Å². The topological polar surface area (TPSA) is 59.4 Å². The lowest BCUT2D eigenvalue weighted by Crippen LogP contribution is -3.13. The first-order valence-corrected chi connectivity index (χ1v) is 13.1.